The predicted octanol–water partition coefficient (Wildman–Crippen LogP) is 3.34. The molecule has 136 valence electrons. The van der Waals surface area contributed by atoms with Crippen LogP contribution in [0.5, 0.6) is 0 Å². The largest absolute Gasteiger partial charge is 0.378 e. The van der Waals surface area contributed by atoms with E-state index in [4.69, 9.17) is 4.98 Å². The zero-order valence-electron chi connectivity index (χ0n) is 15.6. The van der Waals surface area contributed by atoms with Crippen LogP contribution in [0.25, 0.3) is 11.3 Å². The van der Waals surface area contributed by atoms with E-state index in [2.05, 4.69) is 75.2 Å². The molecule has 3 aromatic rings. The van der Waals surface area contributed by atoms with Gasteiger partial charge in [0.25, 0.3) is 0 Å². The van der Waals surface area contributed by atoms with Gasteiger partial charge in [-0.25, -0.2) is 9.97 Å². The third-order valence-electron chi connectivity index (χ3n) is 5.41. The summed E-state index contributed by atoms with van der Waals surface area (Å²) >= 11 is 0. The van der Waals surface area contributed by atoms with Gasteiger partial charge in [0.05, 0.1) is 23.6 Å². The maximum atomic E-state index is 5.08. The van der Waals surface area contributed by atoms with Gasteiger partial charge >= 0.3 is 0 Å². The molecule has 0 saturated carbocycles. The summed E-state index contributed by atoms with van der Waals surface area (Å²) in [5, 5.41) is 0. The topological polar surface area (TPSA) is 48.4 Å². The second-order valence-corrected chi connectivity index (χ2v) is 7.31. The molecule has 0 spiro atoms. The Labute approximate surface area is 159 Å². The van der Waals surface area contributed by atoms with Crippen LogP contribution in [-0.2, 0) is 0 Å². The average molecular weight is 358 g/mol. The number of fused-ring (bicyclic) bond motifs is 4. The van der Waals surface area contributed by atoms with Crippen molar-refractivity contribution < 1.29 is 0 Å². The number of aromatic nitrogens is 3. The van der Waals surface area contributed by atoms with Crippen LogP contribution in [-0.4, -0.2) is 48.2 Å². The van der Waals surface area contributed by atoms with Gasteiger partial charge in [0, 0.05) is 50.8 Å². The minimum absolute atomic E-state index is 0.394. The number of benzene rings is 1. The Morgan fingerprint density at radius 3 is 2.85 bits per heavy atom. The molecule has 2 aromatic heterocycles. The van der Waals surface area contributed by atoms with Crippen LogP contribution in [0.3, 0.4) is 0 Å². The van der Waals surface area contributed by atoms with E-state index in [1.165, 1.54) is 11.4 Å². The Balaban J connectivity index is 1.63. The summed E-state index contributed by atoms with van der Waals surface area (Å²) in [4.78, 5) is 20.7. The van der Waals surface area contributed by atoms with Crippen molar-refractivity contribution >= 4 is 23.0 Å². The maximum absolute atomic E-state index is 5.08. The van der Waals surface area contributed by atoms with Gasteiger partial charge in [-0.05, 0) is 30.7 Å². The minimum Gasteiger partial charge on any atom is -0.378 e. The van der Waals surface area contributed by atoms with Crippen molar-refractivity contribution in [1.82, 2.24) is 15.0 Å². The Bertz CT molecular complexity index is 971. The number of pyridine rings is 1. The highest BCUT2D eigenvalue weighted by molar-refractivity contribution is 5.80. The van der Waals surface area contributed by atoms with Crippen molar-refractivity contribution in [1.29, 1.82) is 0 Å². The standard InChI is InChI=1S/C21H22N6/c1-25(2)16-5-3-4-15(12-16)18-6-7-19-21(24-18)27(17-8-11-26(19)14-17)20-13-22-9-10-23-20/h3-7,9-10,12-13,17H,8,11,14H2,1-2H3/t17-/m0/s1. The van der Waals surface area contributed by atoms with Crippen LogP contribution in [0.15, 0.2) is 55.0 Å². The van der Waals surface area contributed by atoms with E-state index < -0.39 is 0 Å². The molecule has 0 unspecified atom stereocenters. The minimum atomic E-state index is 0.394. The first-order valence-corrected chi connectivity index (χ1v) is 9.30. The third-order valence-corrected chi connectivity index (χ3v) is 5.41. The van der Waals surface area contributed by atoms with Crippen LogP contribution >= 0.6 is 0 Å². The van der Waals surface area contributed by atoms with E-state index in [9.17, 15) is 0 Å². The summed E-state index contributed by atoms with van der Waals surface area (Å²) in [6.45, 7) is 2.08. The van der Waals surface area contributed by atoms with Gasteiger partial charge in [0.1, 0.15) is 0 Å². The summed E-state index contributed by atoms with van der Waals surface area (Å²) in [5.74, 6) is 1.86. The molecule has 27 heavy (non-hydrogen) atoms. The molecule has 6 nitrogen and oxygen atoms in total. The molecule has 1 fully saturated rings. The normalized spacial score (nSPS) is 17.8. The first kappa shape index (κ1) is 16.1. The maximum Gasteiger partial charge on any atom is 0.158 e. The van der Waals surface area contributed by atoms with Crippen molar-refractivity contribution in [2.45, 2.75) is 12.5 Å². The van der Waals surface area contributed by atoms with Crippen molar-refractivity contribution in [2.75, 3.05) is 41.9 Å². The van der Waals surface area contributed by atoms with Gasteiger partial charge < -0.3 is 14.7 Å². The lowest BCUT2D eigenvalue weighted by molar-refractivity contribution is 0.691. The Hall–Kier alpha value is -3.15. The second kappa shape index (κ2) is 6.23. The molecule has 6 heteroatoms. The highest BCUT2D eigenvalue weighted by Gasteiger charge is 2.38. The Morgan fingerprint density at radius 1 is 1.11 bits per heavy atom. The number of anilines is 4. The van der Waals surface area contributed by atoms with Crippen molar-refractivity contribution in [3.63, 3.8) is 0 Å². The van der Waals surface area contributed by atoms with E-state index >= 15 is 0 Å². The van der Waals surface area contributed by atoms with E-state index in [-0.39, 0.29) is 0 Å². The quantitative estimate of drug-likeness (QED) is 0.716. The summed E-state index contributed by atoms with van der Waals surface area (Å²) < 4.78 is 0. The van der Waals surface area contributed by atoms with Gasteiger partial charge in [-0.15, -0.1) is 0 Å². The van der Waals surface area contributed by atoms with Gasteiger partial charge in [-0.3, -0.25) is 4.98 Å². The van der Waals surface area contributed by atoms with Crippen LogP contribution in [0.1, 0.15) is 6.42 Å². The van der Waals surface area contributed by atoms with Crippen LogP contribution in [0.2, 0.25) is 0 Å². The van der Waals surface area contributed by atoms with Gasteiger partial charge in [-0.1, -0.05) is 12.1 Å². The lowest BCUT2D eigenvalue weighted by atomic mass is 10.1. The fourth-order valence-electron chi connectivity index (χ4n) is 4.02. The van der Waals surface area contributed by atoms with Crippen LogP contribution in [0.4, 0.5) is 23.0 Å². The molecular formula is C21H22N6. The van der Waals surface area contributed by atoms with Gasteiger partial charge in [0.2, 0.25) is 0 Å². The lowest BCUT2D eigenvalue weighted by Crippen LogP contribution is -2.40. The monoisotopic (exact) mass is 358 g/mol. The second-order valence-electron chi connectivity index (χ2n) is 7.31. The summed E-state index contributed by atoms with van der Waals surface area (Å²) in [5.41, 5.74) is 4.45. The molecule has 0 N–H and O–H groups in total. The molecule has 2 bridgehead atoms. The molecule has 2 aliphatic heterocycles. The number of rotatable bonds is 3. The number of nitrogens with zero attached hydrogens (tertiary/aromatic N) is 6. The summed E-state index contributed by atoms with van der Waals surface area (Å²) in [7, 11) is 4.11. The molecule has 5 rings (SSSR count). The molecule has 0 aliphatic carbocycles. The van der Waals surface area contributed by atoms with Crippen LogP contribution < -0.4 is 14.7 Å². The summed E-state index contributed by atoms with van der Waals surface area (Å²) in [6.07, 6.45) is 6.41. The highest BCUT2D eigenvalue weighted by atomic mass is 15.4. The van der Waals surface area contributed by atoms with Crippen molar-refractivity contribution in [2.24, 2.45) is 0 Å². The Kier molecular flexibility index (Phi) is 3.70. The van der Waals surface area contributed by atoms with E-state index in [0.717, 1.165) is 42.4 Å². The third kappa shape index (κ3) is 2.68. The average Bonchev–Trinajstić information content (AvgIpc) is 3.13. The number of hydrogen-bond donors (Lipinski definition) is 0. The SMILES string of the molecule is CN(C)c1cccc(-c2ccc3c(n2)N(c2cnccn2)[C@H]2CCN3C2)c1. The van der Waals surface area contributed by atoms with E-state index in [0.29, 0.717) is 6.04 Å². The molecule has 4 heterocycles. The first-order valence-electron chi connectivity index (χ1n) is 9.30. The molecule has 1 saturated heterocycles. The van der Waals surface area contributed by atoms with Gasteiger partial charge in [0.15, 0.2) is 11.6 Å². The first-order chi connectivity index (χ1) is 13.2. The highest BCUT2D eigenvalue weighted by Crippen LogP contribution is 2.43. The Morgan fingerprint density at radius 2 is 2.04 bits per heavy atom. The molecular weight excluding hydrogens is 336 g/mol. The van der Waals surface area contributed by atoms with E-state index in [1.807, 2.05) is 6.20 Å². The van der Waals surface area contributed by atoms with Gasteiger partial charge in [-0.2, -0.15) is 0 Å². The van der Waals surface area contributed by atoms with Crippen LogP contribution in [0, 0.1) is 0 Å². The molecule has 0 radical (unpaired) electrons. The molecule has 1 atom stereocenters. The fourth-order valence-corrected chi connectivity index (χ4v) is 4.02. The van der Waals surface area contributed by atoms with Crippen molar-refractivity contribution in [3.8, 4) is 11.3 Å². The zero-order chi connectivity index (χ0) is 18.4. The zero-order valence-corrected chi connectivity index (χ0v) is 15.6. The molecule has 1 aromatic carbocycles. The molecule has 2 aliphatic rings. The lowest BCUT2D eigenvalue weighted by Gasteiger charge is -2.36. The predicted molar refractivity (Wildman–Crippen MR) is 109 cm³/mol. The molecule has 0 amide bonds. The van der Waals surface area contributed by atoms with Crippen molar-refractivity contribution in [3.05, 3.63) is 55.0 Å². The van der Waals surface area contributed by atoms with E-state index in [1.54, 1.807) is 12.4 Å². The summed E-state index contributed by atoms with van der Waals surface area (Å²) in [6, 6.07) is 13.2. The number of hydrogen-bond acceptors (Lipinski definition) is 6. The fraction of sp³-hybridized carbons (Fsp3) is 0.286. The smallest absolute Gasteiger partial charge is 0.158 e.